The van der Waals surface area contributed by atoms with E-state index < -0.39 is 0 Å². The van der Waals surface area contributed by atoms with Crippen LogP contribution in [0.25, 0.3) is 0 Å². The molecule has 2 N–H and O–H groups in total. The van der Waals surface area contributed by atoms with Gasteiger partial charge in [-0.05, 0) is 31.0 Å². The predicted octanol–water partition coefficient (Wildman–Crippen LogP) is 3.55. The zero-order chi connectivity index (χ0) is 13.2. The Labute approximate surface area is 115 Å². The molecule has 0 aromatic heterocycles. The first-order chi connectivity index (χ1) is 8.48. The van der Waals surface area contributed by atoms with Crippen LogP contribution < -0.4 is 5.73 Å². The lowest BCUT2D eigenvalue weighted by atomic mass is 10.0. The first-order valence-corrected chi connectivity index (χ1v) is 7.70. The van der Waals surface area contributed by atoms with Crippen LogP contribution in [0.2, 0.25) is 0 Å². The van der Waals surface area contributed by atoms with E-state index in [2.05, 4.69) is 55.6 Å². The summed E-state index contributed by atoms with van der Waals surface area (Å²) in [6, 6.07) is 8.76. The number of benzene rings is 1. The summed E-state index contributed by atoms with van der Waals surface area (Å²) in [6.07, 6.45) is 1.25. The Morgan fingerprint density at radius 2 is 2.11 bits per heavy atom. The van der Waals surface area contributed by atoms with Gasteiger partial charge in [0.25, 0.3) is 0 Å². The van der Waals surface area contributed by atoms with Gasteiger partial charge in [0.05, 0.1) is 0 Å². The Morgan fingerprint density at radius 3 is 2.83 bits per heavy atom. The highest BCUT2D eigenvalue weighted by Gasteiger charge is 2.26. The van der Waals surface area contributed by atoms with Crippen molar-refractivity contribution in [1.29, 1.82) is 0 Å². The maximum atomic E-state index is 5.88. The summed E-state index contributed by atoms with van der Waals surface area (Å²) in [5.41, 5.74) is 8.08. The highest BCUT2D eigenvalue weighted by atomic mass is 32.2. The molecule has 18 heavy (non-hydrogen) atoms. The minimum atomic E-state index is 0.421. The van der Waals surface area contributed by atoms with E-state index >= 15 is 0 Å². The number of nitrogen functional groups attached to an aromatic ring is 1. The Balaban J connectivity index is 2.07. The quantitative estimate of drug-likeness (QED) is 0.828. The van der Waals surface area contributed by atoms with Crippen LogP contribution in [0.3, 0.4) is 0 Å². The number of rotatable bonds is 2. The largest absolute Gasteiger partial charge is 0.399 e. The number of hydrogen-bond acceptors (Lipinski definition) is 3. The van der Waals surface area contributed by atoms with Crippen LogP contribution in [0, 0.1) is 0 Å². The molecule has 2 nitrogen and oxygen atoms in total. The number of nitrogens with zero attached hydrogens (tertiary/aromatic N) is 1. The monoisotopic (exact) mass is 264 g/mol. The fourth-order valence-corrected chi connectivity index (χ4v) is 3.57. The van der Waals surface area contributed by atoms with Crippen LogP contribution in [-0.2, 0) is 0 Å². The van der Waals surface area contributed by atoms with Gasteiger partial charge in [-0.2, -0.15) is 11.8 Å². The molecule has 1 aromatic carbocycles. The zero-order valence-corrected chi connectivity index (χ0v) is 12.5. The van der Waals surface area contributed by atoms with Crippen LogP contribution in [0.4, 0.5) is 5.69 Å². The predicted molar refractivity (Wildman–Crippen MR) is 82.0 cm³/mol. The molecule has 1 aliphatic rings. The lowest BCUT2D eigenvalue weighted by Crippen LogP contribution is -2.30. The first kappa shape index (κ1) is 13.8. The molecule has 1 aromatic rings. The van der Waals surface area contributed by atoms with Gasteiger partial charge in [0.15, 0.2) is 0 Å². The van der Waals surface area contributed by atoms with Crippen molar-refractivity contribution in [2.45, 2.75) is 38.0 Å². The smallest absolute Gasteiger partial charge is 0.0320 e. The molecular formula is C15H24N2S. The lowest BCUT2D eigenvalue weighted by molar-refractivity contribution is 0.220. The maximum Gasteiger partial charge on any atom is 0.0320 e. The van der Waals surface area contributed by atoms with Crippen LogP contribution in [0.1, 0.15) is 38.8 Å². The molecule has 0 amide bonds. The summed E-state index contributed by atoms with van der Waals surface area (Å²) in [6.45, 7) is 9.34. The molecule has 1 aliphatic heterocycles. The van der Waals surface area contributed by atoms with E-state index in [0.29, 0.717) is 10.8 Å². The molecule has 0 saturated carbocycles. The van der Waals surface area contributed by atoms with Gasteiger partial charge >= 0.3 is 0 Å². The second kappa shape index (κ2) is 5.54. The fourth-order valence-electron chi connectivity index (χ4n) is 2.45. The Kier molecular flexibility index (Phi) is 4.23. The summed E-state index contributed by atoms with van der Waals surface area (Å²) in [5.74, 6) is 1.22. The van der Waals surface area contributed by atoms with Crippen LogP contribution >= 0.6 is 11.8 Å². The van der Waals surface area contributed by atoms with Crippen molar-refractivity contribution in [3.63, 3.8) is 0 Å². The standard InChI is InChI=1S/C15H24N2S/c1-12(13-5-4-6-14(16)11-13)17-8-7-15(2,3)18-10-9-17/h4-6,11-12H,7-10,16H2,1-3H3. The van der Waals surface area contributed by atoms with E-state index in [-0.39, 0.29) is 0 Å². The second-order valence-corrected chi connectivity index (χ2v) is 7.54. The fraction of sp³-hybridized carbons (Fsp3) is 0.600. The van der Waals surface area contributed by atoms with Gasteiger partial charge in [0.2, 0.25) is 0 Å². The van der Waals surface area contributed by atoms with E-state index in [1.807, 2.05) is 6.07 Å². The summed E-state index contributed by atoms with van der Waals surface area (Å²) in [4.78, 5) is 2.58. The topological polar surface area (TPSA) is 29.3 Å². The van der Waals surface area contributed by atoms with Gasteiger partial charge in [-0.25, -0.2) is 0 Å². The molecule has 100 valence electrons. The zero-order valence-electron chi connectivity index (χ0n) is 11.6. The van der Waals surface area contributed by atoms with E-state index in [4.69, 9.17) is 5.73 Å². The number of thioether (sulfide) groups is 1. The minimum Gasteiger partial charge on any atom is -0.399 e. The molecule has 1 heterocycles. The molecule has 0 radical (unpaired) electrons. The van der Waals surface area contributed by atoms with Crippen molar-refractivity contribution in [2.24, 2.45) is 0 Å². The van der Waals surface area contributed by atoms with Crippen molar-refractivity contribution in [1.82, 2.24) is 4.90 Å². The van der Waals surface area contributed by atoms with Crippen molar-refractivity contribution in [3.05, 3.63) is 29.8 Å². The third-order valence-corrected chi connectivity index (χ3v) is 5.19. The summed E-state index contributed by atoms with van der Waals surface area (Å²) in [5, 5.41) is 0. The molecule has 0 bridgehead atoms. The lowest BCUT2D eigenvalue weighted by Gasteiger charge is -2.28. The van der Waals surface area contributed by atoms with Crippen LogP contribution in [0.5, 0.6) is 0 Å². The van der Waals surface area contributed by atoms with Gasteiger partial charge in [-0.3, -0.25) is 4.90 Å². The van der Waals surface area contributed by atoms with E-state index in [1.54, 1.807) is 0 Å². The molecule has 1 fully saturated rings. The Morgan fingerprint density at radius 1 is 1.33 bits per heavy atom. The summed E-state index contributed by atoms with van der Waals surface area (Å²) < 4.78 is 0.421. The third-order valence-electron chi connectivity index (χ3n) is 3.81. The number of anilines is 1. The van der Waals surface area contributed by atoms with Crippen LogP contribution in [0.15, 0.2) is 24.3 Å². The highest BCUT2D eigenvalue weighted by molar-refractivity contribution is 8.00. The van der Waals surface area contributed by atoms with Crippen molar-refractivity contribution < 1.29 is 0 Å². The molecule has 1 unspecified atom stereocenters. The normalized spacial score (nSPS) is 22.4. The van der Waals surface area contributed by atoms with Crippen molar-refractivity contribution in [3.8, 4) is 0 Å². The molecule has 0 aliphatic carbocycles. The highest BCUT2D eigenvalue weighted by Crippen LogP contribution is 2.33. The second-order valence-electron chi connectivity index (χ2n) is 5.74. The van der Waals surface area contributed by atoms with Gasteiger partial charge < -0.3 is 5.73 Å². The molecule has 1 saturated heterocycles. The van der Waals surface area contributed by atoms with E-state index in [1.165, 1.54) is 30.8 Å². The molecule has 1 atom stereocenters. The molecular weight excluding hydrogens is 240 g/mol. The number of hydrogen-bond donors (Lipinski definition) is 1. The first-order valence-electron chi connectivity index (χ1n) is 6.71. The Bertz CT molecular complexity index is 403. The van der Waals surface area contributed by atoms with E-state index in [0.717, 1.165) is 5.69 Å². The average molecular weight is 264 g/mol. The maximum absolute atomic E-state index is 5.88. The van der Waals surface area contributed by atoms with E-state index in [9.17, 15) is 0 Å². The van der Waals surface area contributed by atoms with Crippen LogP contribution in [-0.4, -0.2) is 28.5 Å². The van der Waals surface area contributed by atoms with Gasteiger partial charge in [-0.1, -0.05) is 26.0 Å². The minimum absolute atomic E-state index is 0.421. The van der Waals surface area contributed by atoms with Crippen molar-refractivity contribution in [2.75, 3.05) is 24.6 Å². The van der Waals surface area contributed by atoms with Gasteiger partial charge in [0.1, 0.15) is 0 Å². The Hall–Kier alpha value is -0.670. The number of nitrogens with two attached hydrogens (primary N) is 1. The van der Waals surface area contributed by atoms with Gasteiger partial charge in [-0.15, -0.1) is 0 Å². The summed E-state index contributed by atoms with van der Waals surface area (Å²) >= 11 is 2.09. The van der Waals surface area contributed by atoms with Gasteiger partial charge in [0, 0.05) is 35.3 Å². The average Bonchev–Trinajstić information content (AvgIpc) is 2.49. The molecule has 2 rings (SSSR count). The SMILES string of the molecule is CC(c1cccc(N)c1)N1CCSC(C)(C)CC1. The summed E-state index contributed by atoms with van der Waals surface area (Å²) in [7, 11) is 0. The molecule has 0 spiro atoms. The molecule has 3 heteroatoms. The third kappa shape index (κ3) is 3.42. The van der Waals surface area contributed by atoms with Crippen molar-refractivity contribution >= 4 is 17.4 Å².